The number of hydrogen-bond donors (Lipinski definition) is 2. The molecule has 2 N–H and O–H groups in total. The van der Waals surface area contributed by atoms with Gasteiger partial charge in [-0.3, -0.25) is 4.98 Å². The molecule has 0 radical (unpaired) electrons. The molecule has 1 saturated heterocycles. The van der Waals surface area contributed by atoms with Crippen LogP contribution in [0.4, 0.5) is 0 Å². The number of rotatable bonds is 2. The highest BCUT2D eigenvalue weighted by Crippen LogP contribution is 2.33. The van der Waals surface area contributed by atoms with Crippen LogP contribution in [-0.2, 0) is 10.4 Å². The Labute approximate surface area is 153 Å². The van der Waals surface area contributed by atoms with Crippen LogP contribution >= 0.6 is 0 Å². The lowest BCUT2D eigenvalue weighted by atomic mass is 9.84. The fraction of sp³-hybridized carbons (Fsp3) is 0.273. The number of carbonyl (C=O) groups is 1. The zero-order valence-corrected chi connectivity index (χ0v) is 15.0. The van der Waals surface area contributed by atoms with Gasteiger partial charge in [0, 0.05) is 23.3 Å². The van der Waals surface area contributed by atoms with E-state index in [9.17, 15) is 5.11 Å². The van der Waals surface area contributed by atoms with Crippen LogP contribution in [-0.4, -0.2) is 29.5 Å². The SMILES string of the molecule is CC=O.OC1(c2ccc(-c3cncc4ccccc34)cc2)CCNCC1. The average molecular weight is 348 g/mol. The molecular formula is C22H24N2O2. The molecule has 1 aliphatic rings. The zero-order valence-electron chi connectivity index (χ0n) is 15.0. The zero-order chi connectivity index (χ0) is 18.4. The summed E-state index contributed by atoms with van der Waals surface area (Å²) in [5, 5.41) is 16.5. The molecule has 0 atom stereocenters. The molecule has 4 heteroatoms. The molecule has 0 amide bonds. The number of hydrogen-bond acceptors (Lipinski definition) is 4. The van der Waals surface area contributed by atoms with Crippen LogP contribution < -0.4 is 5.32 Å². The summed E-state index contributed by atoms with van der Waals surface area (Å²) in [4.78, 5) is 13.2. The molecule has 134 valence electrons. The molecule has 1 fully saturated rings. The lowest BCUT2D eigenvalue weighted by Crippen LogP contribution is -2.39. The predicted octanol–water partition coefficient (Wildman–Crippen LogP) is 3.68. The van der Waals surface area contributed by atoms with E-state index >= 15 is 0 Å². The number of nitrogens with zero attached hydrogens (tertiary/aromatic N) is 1. The van der Waals surface area contributed by atoms with Crippen molar-refractivity contribution in [3.63, 3.8) is 0 Å². The summed E-state index contributed by atoms with van der Waals surface area (Å²) in [6.07, 6.45) is 6.09. The third-order valence-electron chi connectivity index (χ3n) is 4.83. The van der Waals surface area contributed by atoms with Gasteiger partial charge in [0.1, 0.15) is 6.29 Å². The number of carbonyl (C=O) groups excluding carboxylic acids is 1. The van der Waals surface area contributed by atoms with Crippen molar-refractivity contribution in [1.82, 2.24) is 10.3 Å². The second-order valence-electron chi connectivity index (χ2n) is 6.50. The van der Waals surface area contributed by atoms with E-state index in [0.29, 0.717) is 0 Å². The van der Waals surface area contributed by atoms with Crippen molar-refractivity contribution in [3.05, 3.63) is 66.5 Å². The summed E-state index contributed by atoms with van der Waals surface area (Å²) in [6, 6.07) is 16.6. The maximum absolute atomic E-state index is 10.8. The van der Waals surface area contributed by atoms with Crippen molar-refractivity contribution >= 4 is 17.1 Å². The molecule has 4 rings (SSSR count). The van der Waals surface area contributed by atoms with Gasteiger partial charge in [0.25, 0.3) is 0 Å². The van der Waals surface area contributed by atoms with E-state index < -0.39 is 5.60 Å². The van der Waals surface area contributed by atoms with Gasteiger partial charge in [-0.25, -0.2) is 0 Å². The topological polar surface area (TPSA) is 62.2 Å². The van der Waals surface area contributed by atoms with Crippen LogP contribution in [0.25, 0.3) is 21.9 Å². The minimum absolute atomic E-state index is 0.694. The number of nitrogens with one attached hydrogen (secondary N) is 1. The quantitative estimate of drug-likeness (QED) is 0.694. The third kappa shape index (κ3) is 3.82. The normalized spacial score (nSPS) is 15.8. The monoisotopic (exact) mass is 348 g/mol. The predicted molar refractivity (Wildman–Crippen MR) is 105 cm³/mol. The molecule has 1 aliphatic heterocycles. The van der Waals surface area contributed by atoms with Crippen molar-refractivity contribution in [2.45, 2.75) is 25.4 Å². The first-order valence-corrected chi connectivity index (χ1v) is 8.94. The number of aromatic nitrogens is 1. The van der Waals surface area contributed by atoms with E-state index in [-0.39, 0.29) is 0 Å². The lowest BCUT2D eigenvalue weighted by Gasteiger charge is -2.33. The van der Waals surface area contributed by atoms with Crippen molar-refractivity contribution in [1.29, 1.82) is 0 Å². The van der Waals surface area contributed by atoms with Crippen molar-refractivity contribution in [2.75, 3.05) is 13.1 Å². The summed E-state index contributed by atoms with van der Waals surface area (Å²) in [7, 11) is 0. The van der Waals surface area contributed by atoms with Crippen LogP contribution in [0.15, 0.2) is 60.9 Å². The number of fused-ring (bicyclic) bond motifs is 1. The Morgan fingerprint density at radius 1 is 1.04 bits per heavy atom. The maximum Gasteiger partial charge on any atom is 0.116 e. The van der Waals surface area contributed by atoms with Crippen molar-refractivity contribution < 1.29 is 9.90 Å². The number of aldehydes is 1. The van der Waals surface area contributed by atoms with E-state index in [0.717, 1.165) is 54.3 Å². The molecule has 0 bridgehead atoms. The van der Waals surface area contributed by atoms with Crippen molar-refractivity contribution in [2.24, 2.45) is 0 Å². The third-order valence-corrected chi connectivity index (χ3v) is 4.83. The fourth-order valence-electron chi connectivity index (χ4n) is 3.44. The second kappa shape index (κ2) is 8.21. The molecule has 0 aliphatic carbocycles. The van der Waals surface area contributed by atoms with Crippen LogP contribution in [0.1, 0.15) is 25.3 Å². The lowest BCUT2D eigenvalue weighted by molar-refractivity contribution is -0.106. The first kappa shape index (κ1) is 18.2. The molecule has 2 heterocycles. The van der Waals surface area contributed by atoms with Crippen LogP contribution in [0.3, 0.4) is 0 Å². The van der Waals surface area contributed by atoms with Crippen molar-refractivity contribution in [3.8, 4) is 11.1 Å². The Balaban J connectivity index is 0.000000613. The van der Waals surface area contributed by atoms with E-state index in [1.807, 2.05) is 18.5 Å². The summed E-state index contributed by atoms with van der Waals surface area (Å²) in [6.45, 7) is 3.18. The molecule has 0 unspecified atom stereocenters. The Kier molecular flexibility index (Phi) is 5.76. The van der Waals surface area contributed by atoms with Crippen LogP contribution in [0, 0.1) is 0 Å². The van der Waals surface area contributed by atoms with E-state index in [1.54, 1.807) is 0 Å². The van der Waals surface area contributed by atoms with Gasteiger partial charge in [0.2, 0.25) is 0 Å². The molecule has 0 saturated carbocycles. The Hall–Kier alpha value is -2.56. The van der Waals surface area contributed by atoms with E-state index in [4.69, 9.17) is 4.79 Å². The van der Waals surface area contributed by atoms with Gasteiger partial charge < -0.3 is 15.2 Å². The van der Waals surface area contributed by atoms with Gasteiger partial charge in [0.15, 0.2) is 0 Å². The van der Waals surface area contributed by atoms with Gasteiger partial charge in [-0.15, -0.1) is 0 Å². The van der Waals surface area contributed by atoms with Gasteiger partial charge >= 0.3 is 0 Å². The molecule has 4 nitrogen and oxygen atoms in total. The number of piperidine rings is 1. The Morgan fingerprint density at radius 2 is 1.69 bits per heavy atom. The minimum atomic E-state index is -0.694. The summed E-state index contributed by atoms with van der Waals surface area (Å²) < 4.78 is 0. The molecule has 26 heavy (non-hydrogen) atoms. The molecule has 2 aromatic carbocycles. The highest BCUT2D eigenvalue weighted by Gasteiger charge is 2.30. The highest BCUT2D eigenvalue weighted by atomic mass is 16.3. The van der Waals surface area contributed by atoms with Gasteiger partial charge in [-0.2, -0.15) is 0 Å². The van der Waals surface area contributed by atoms with E-state index in [2.05, 4.69) is 52.8 Å². The molecule has 3 aromatic rings. The Bertz CT molecular complexity index is 863. The summed E-state index contributed by atoms with van der Waals surface area (Å²) in [5.74, 6) is 0. The van der Waals surface area contributed by atoms with Crippen LogP contribution in [0.5, 0.6) is 0 Å². The Morgan fingerprint density at radius 3 is 2.38 bits per heavy atom. The fourth-order valence-corrected chi connectivity index (χ4v) is 3.44. The van der Waals surface area contributed by atoms with Gasteiger partial charge in [-0.05, 0) is 49.4 Å². The minimum Gasteiger partial charge on any atom is -0.385 e. The number of aliphatic hydroxyl groups is 1. The maximum atomic E-state index is 10.8. The van der Waals surface area contributed by atoms with E-state index in [1.165, 1.54) is 12.3 Å². The summed E-state index contributed by atoms with van der Waals surface area (Å²) >= 11 is 0. The molecule has 1 aromatic heterocycles. The number of benzene rings is 2. The highest BCUT2D eigenvalue weighted by molar-refractivity contribution is 5.95. The first-order valence-electron chi connectivity index (χ1n) is 8.94. The smallest absolute Gasteiger partial charge is 0.116 e. The second-order valence-corrected chi connectivity index (χ2v) is 6.50. The largest absolute Gasteiger partial charge is 0.385 e. The first-order chi connectivity index (χ1) is 12.7. The van der Waals surface area contributed by atoms with Gasteiger partial charge in [0.05, 0.1) is 5.60 Å². The van der Waals surface area contributed by atoms with Crippen LogP contribution in [0.2, 0.25) is 0 Å². The van der Waals surface area contributed by atoms with Gasteiger partial charge in [-0.1, -0.05) is 48.5 Å². The molecule has 0 spiro atoms. The molecular weight excluding hydrogens is 324 g/mol. The summed E-state index contributed by atoms with van der Waals surface area (Å²) in [5.41, 5.74) is 2.58. The standard InChI is InChI=1S/C20H20N2O.C2H4O/c23-20(9-11-21-12-10-20)17-7-5-15(6-8-17)19-14-22-13-16-3-1-2-4-18(16)19;1-2-3/h1-8,13-14,21,23H,9-12H2;2H,1H3. The number of pyridine rings is 1. The average Bonchev–Trinajstić information content (AvgIpc) is 2.69.